The average molecular weight is 1000 g/mol. The van der Waals surface area contributed by atoms with Gasteiger partial charge in [0, 0.05) is 0 Å². The molecule has 0 nitrogen and oxygen atoms in total. The maximum atomic E-state index is 15.9. The summed E-state index contributed by atoms with van der Waals surface area (Å²) in [5.41, 5.74) is 2.43. The van der Waals surface area contributed by atoms with E-state index in [1.54, 1.807) is 46.2 Å². The van der Waals surface area contributed by atoms with Crippen LogP contribution in [0.1, 0.15) is 79.1 Å². The summed E-state index contributed by atoms with van der Waals surface area (Å²) in [6, 6.07) is 8.59. The number of unbranched alkanes of at least 4 members (excludes halogenated alkanes) is 2. The van der Waals surface area contributed by atoms with Crippen molar-refractivity contribution in [3.63, 3.8) is 0 Å². The molecule has 0 bridgehead atoms. The summed E-state index contributed by atoms with van der Waals surface area (Å²) in [5.74, 6) is 3.05. The van der Waals surface area contributed by atoms with Crippen LogP contribution in [0.3, 0.4) is 0 Å². The van der Waals surface area contributed by atoms with Gasteiger partial charge < -0.3 is 0 Å². The molecule has 0 radical (unpaired) electrons. The van der Waals surface area contributed by atoms with Crippen LogP contribution in [-0.2, 0) is 0 Å². The second kappa shape index (κ2) is 18.1. The summed E-state index contributed by atoms with van der Waals surface area (Å²) in [6.45, 7) is 9.04. The van der Waals surface area contributed by atoms with E-state index >= 15 is 8.78 Å². The van der Waals surface area contributed by atoms with Gasteiger partial charge in [0.15, 0.2) is 0 Å². The van der Waals surface area contributed by atoms with Gasteiger partial charge in [-0.15, -0.1) is 0 Å². The summed E-state index contributed by atoms with van der Waals surface area (Å²) >= 11 is 5.62. The molecule has 4 aromatic heterocycles. The summed E-state index contributed by atoms with van der Waals surface area (Å²) < 4.78 is 39.0. The Bertz CT molecular complexity index is 1690. The van der Waals surface area contributed by atoms with Gasteiger partial charge in [-0.1, -0.05) is 26.7 Å². The molecule has 274 valence electrons. The van der Waals surface area contributed by atoms with Crippen LogP contribution >= 0.6 is 68.9 Å². The number of hydrogen-bond donors (Lipinski definition) is 0. The fourth-order valence-electron chi connectivity index (χ4n) is 6.33. The average Bonchev–Trinajstić information content (AvgIpc) is 3.85. The van der Waals surface area contributed by atoms with Crippen molar-refractivity contribution in [3.8, 4) is 20.9 Å². The van der Waals surface area contributed by atoms with Gasteiger partial charge in [0.25, 0.3) is 0 Å². The van der Waals surface area contributed by atoms with Crippen LogP contribution in [-0.4, -0.2) is 48.3 Å². The van der Waals surface area contributed by atoms with E-state index in [2.05, 4.69) is 69.5 Å². The number of hydrogen-bond acceptors (Lipinski definition) is 6. The Balaban J connectivity index is 1.69. The molecule has 2 atom stereocenters. The van der Waals surface area contributed by atoms with E-state index in [1.807, 2.05) is 34.8 Å². The molecule has 0 amide bonds. The van der Waals surface area contributed by atoms with Gasteiger partial charge in [0.05, 0.1) is 0 Å². The summed E-state index contributed by atoms with van der Waals surface area (Å²) in [4.78, 5) is 17.0. The number of halogens is 2. The summed E-state index contributed by atoms with van der Waals surface area (Å²) in [7, 11) is 0. The number of thiophene rings is 4. The SMILES string of the molecule is CCCCC(CC)CSc1sc(-c2c3c[c]([Sn]([CH3])([CH3])[CH3])sc3c(-c3cc(F)c(SCC(CC)CCCC)s3)c3c[c]([Sn]([CH3])([CH3])[CH3])sc23)cc1F. The standard InChI is InChI=1S/C34H38F2S6.6CH3.2Sn/c1-5-9-11-21(7-3)19-39-33-25(35)17-27(41-33)29-23-13-15-38-32(23)30(24-14-16-37-31(24)29)28-18-26(36)34(42-28)40-20-22(8-4)12-10-6-2;;;;;;;;/h13-14,17-18,21-22H,5-12,19-20H2,1-4H3;6*1H3;;. The third kappa shape index (κ3) is 9.73. The second-order valence-electron chi connectivity index (χ2n) is 15.9. The van der Waals surface area contributed by atoms with E-state index in [-0.39, 0.29) is 11.6 Å². The van der Waals surface area contributed by atoms with Gasteiger partial charge in [-0.2, -0.15) is 0 Å². The van der Waals surface area contributed by atoms with Gasteiger partial charge in [-0.25, -0.2) is 0 Å². The number of rotatable bonds is 18. The van der Waals surface area contributed by atoms with Gasteiger partial charge in [-0.05, 0) is 0 Å². The minimum absolute atomic E-state index is 0.0748. The van der Waals surface area contributed by atoms with E-state index in [9.17, 15) is 0 Å². The van der Waals surface area contributed by atoms with Crippen LogP contribution < -0.4 is 5.79 Å². The van der Waals surface area contributed by atoms with Crippen LogP contribution in [0, 0.1) is 23.5 Å². The Morgan fingerprint density at radius 2 is 0.960 bits per heavy atom. The van der Waals surface area contributed by atoms with E-state index in [0.29, 0.717) is 11.8 Å². The van der Waals surface area contributed by atoms with Gasteiger partial charge in [-0.3, -0.25) is 0 Å². The Kier molecular flexibility index (Phi) is 15.1. The molecule has 0 saturated carbocycles. The van der Waals surface area contributed by atoms with Crippen molar-refractivity contribution in [2.45, 2.75) is 117 Å². The zero-order valence-corrected chi connectivity index (χ0v) is 42.3. The Labute approximate surface area is 333 Å². The molecule has 5 aromatic rings. The monoisotopic (exact) mass is 1010 g/mol. The van der Waals surface area contributed by atoms with Crippen LogP contribution in [0.5, 0.6) is 0 Å². The van der Waals surface area contributed by atoms with Crippen molar-refractivity contribution < 1.29 is 8.78 Å². The zero-order valence-electron chi connectivity index (χ0n) is 31.7. The van der Waals surface area contributed by atoms with Crippen LogP contribution in [0.4, 0.5) is 8.78 Å². The van der Waals surface area contributed by atoms with Gasteiger partial charge >= 0.3 is 311 Å². The first-order valence-electron chi connectivity index (χ1n) is 18.6. The quantitative estimate of drug-likeness (QED) is 0.0634. The Hall–Kier alpha value is 0.697. The predicted molar refractivity (Wildman–Crippen MR) is 238 cm³/mol. The fourth-order valence-corrected chi connectivity index (χ4v) is 24.4. The van der Waals surface area contributed by atoms with Crippen molar-refractivity contribution >= 4 is 132 Å². The molecule has 0 aliphatic heterocycles. The van der Waals surface area contributed by atoms with Crippen molar-refractivity contribution in [2.75, 3.05) is 11.5 Å². The molecule has 0 aliphatic rings. The first-order valence-corrected chi connectivity index (χ1v) is 43.8. The van der Waals surface area contributed by atoms with E-state index in [4.69, 9.17) is 0 Å². The second-order valence-corrected chi connectivity index (χ2v) is 53.5. The number of fused-ring (bicyclic) bond motifs is 2. The van der Waals surface area contributed by atoms with Crippen molar-refractivity contribution in [1.29, 1.82) is 0 Å². The molecule has 1 aromatic carbocycles. The topological polar surface area (TPSA) is 0 Å². The van der Waals surface area contributed by atoms with E-state index in [0.717, 1.165) is 42.5 Å². The molecule has 50 heavy (non-hydrogen) atoms. The van der Waals surface area contributed by atoms with Crippen molar-refractivity contribution in [2.24, 2.45) is 11.8 Å². The minimum atomic E-state index is -2.51. The molecule has 5 rings (SSSR count). The Morgan fingerprint density at radius 1 is 0.580 bits per heavy atom. The molecular weight excluding hydrogens is 948 g/mol. The van der Waals surface area contributed by atoms with Crippen molar-refractivity contribution in [3.05, 3.63) is 35.9 Å². The zero-order chi connectivity index (χ0) is 36.4. The molecule has 2 unspecified atom stereocenters. The molecular formula is C40H56F2S6Sn2. The molecule has 10 heteroatoms. The molecule has 0 spiro atoms. The number of thioether (sulfide) groups is 2. The number of benzene rings is 1. The normalized spacial score (nSPS) is 14.0. The molecule has 0 saturated heterocycles. The molecule has 0 fully saturated rings. The first kappa shape index (κ1) is 41.9. The van der Waals surface area contributed by atoms with Crippen LogP contribution in [0.2, 0.25) is 29.6 Å². The third-order valence-electron chi connectivity index (χ3n) is 9.73. The third-order valence-corrected chi connectivity index (χ3v) is 36.1. The van der Waals surface area contributed by atoms with Crippen LogP contribution in [0.25, 0.3) is 41.1 Å². The summed E-state index contributed by atoms with van der Waals surface area (Å²) in [6.07, 6.45) is 9.62. The predicted octanol–water partition coefficient (Wildman–Crippen LogP) is 15.6. The van der Waals surface area contributed by atoms with Crippen molar-refractivity contribution in [1.82, 2.24) is 0 Å². The molecule has 0 aliphatic carbocycles. The molecule has 4 heterocycles. The summed E-state index contributed by atoms with van der Waals surface area (Å²) in [5, 5.41) is 2.50. The van der Waals surface area contributed by atoms with Gasteiger partial charge in [0.2, 0.25) is 0 Å². The van der Waals surface area contributed by atoms with E-state index < -0.39 is 36.8 Å². The molecule has 0 N–H and O–H groups in total. The van der Waals surface area contributed by atoms with Gasteiger partial charge in [0.1, 0.15) is 0 Å². The van der Waals surface area contributed by atoms with Crippen LogP contribution in [0.15, 0.2) is 32.7 Å². The maximum absolute atomic E-state index is 15.9. The Morgan fingerprint density at radius 3 is 1.28 bits per heavy atom. The fraction of sp³-hybridized carbons (Fsp3) is 0.550. The first-order chi connectivity index (χ1) is 23.7. The van der Waals surface area contributed by atoms with E-state index in [1.165, 1.54) is 75.6 Å².